The van der Waals surface area contributed by atoms with Gasteiger partial charge in [0.1, 0.15) is 5.69 Å². The molecule has 0 bridgehead atoms. The quantitative estimate of drug-likeness (QED) is 0.385. The Morgan fingerprint density at radius 1 is 0.914 bits per heavy atom. The van der Waals surface area contributed by atoms with Crippen LogP contribution in [0.4, 0.5) is 11.4 Å². The molecule has 0 aliphatic heterocycles. The Kier molecular flexibility index (Phi) is 7.17. The van der Waals surface area contributed by atoms with Gasteiger partial charge < -0.3 is 10.6 Å². The van der Waals surface area contributed by atoms with Crippen molar-refractivity contribution in [1.82, 2.24) is 9.36 Å². The predicted molar refractivity (Wildman–Crippen MR) is 139 cm³/mol. The maximum absolute atomic E-state index is 13.1. The van der Waals surface area contributed by atoms with Crippen LogP contribution in [-0.2, 0) is 18.3 Å². The third kappa shape index (κ3) is 5.53. The number of carbonyl (C=O) groups is 2. The van der Waals surface area contributed by atoms with Crippen LogP contribution in [0.1, 0.15) is 28.0 Å². The summed E-state index contributed by atoms with van der Waals surface area (Å²) < 4.78 is 3.20. The van der Waals surface area contributed by atoms with E-state index in [0.29, 0.717) is 40.5 Å². The summed E-state index contributed by atoms with van der Waals surface area (Å²) in [4.78, 5) is 38.4. The van der Waals surface area contributed by atoms with Crippen LogP contribution in [-0.4, -0.2) is 21.2 Å². The van der Waals surface area contributed by atoms with E-state index >= 15 is 0 Å². The lowest BCUT2D eigenvalue weighted by molar-refractivity contribution is -0.116. The zero-order valence-corrected chi connectivity index (χ0v) is 20.2. The average molecular weight is 489 g/mol. The van der Waals surface area contributed by atoms with Crippen molar-refractivity contribution in [3.05, 3.63) is 111 Å². The first kappa shape index (κ1) is 24.0. The summed E-state index contributed by atoms with van der Waals surface area (Å²) in [6, 6.07) is 23.2. The molecule has 0 fully saturated rings. The average Bonchev–Trinajstić information content (AvgIpc) is 3.07. The second-order valence-corrected chi connectivity index (χ2v) is 8.58. The molecule has 0 saturated carbocycles. The summed E-state index contributed by atoms with van der Waals surface area (Å²) in [6.07, 6.45) is 0.866. The van der Waals surface area contributed by atoms with Crippen LogP contribution in [0.2, 0.25) is 5.02 Å². The Morgan fingerprint density at radius 2 is 1.63 bits per heavy atom. The van der Waals surface area contributed by atoms with E-state index in [0.717, 1.165) is 5.56 Å². The number of amides is 2. The second kappa shape index (κ2) is 10.4. The van der Waals surface area contributed by atoms with Crippen molar-refractivity contribution < 1.29 is 9.59 Å². The van der Waals surface area contributed by atoms with Gasteiger partial charge >= 0.3 is 0 Å². The third-order valence-electron chi connectivity index (χ3n) is 5.76. The minimum atomic E-state index is -0.437. The van der Waals surface area contributed by atoms with Gasteiger partial charge in [-0.05, 0) is 61.4 Å². The van der Waals surface area contributed by atoms with Crippen molar-refractivity contribution in [1.29, 1.82) is 0 Å². The fraction of sp³-hybridized carbons (Fsp3) is 0.148. The molecule has 0 saturated heterocycles. The van der Waals surface area contributed by atoms with Gasteiger partial charge in [-0.25, -0.2) is 4.68 Å². The Balaban J connectivity index is 1.45. The molecule has 2 amide bonds. The van der Waals surface area contributed by atoms with Gasteiger partial charge in [-0.15, -0.1) is 0 Å². The number of anilines is 2. The molecular weight excluding hydrogens is 464 g/mol. The first-order valence-electron chi connectivity index (χ1n) is 11.1. The van der Waals surface area contributed by atoms with Gasteiger partial charge in [0.15, 0.2) is 0 Å². The van der Waals surface area contributed by atoms with Crippen LogP contribution >= 0.6 is 11.6 Å². The van der Waals surface area contributed by atoms with Gasteiger partial charge in [0, 0.05) is 29.7 Å². The molecule has 0 spiro atoms. The van der Waals surface area contributed by atoms with Crippen molar-refractivity contribution in [2.24, 2.45) is 7.05 Å². The largest absolute Gasteiger partial charge is 0.326 e. The molecule has 8 heteroatoms. The summed E-state index contributed by atoms with van der Waals surface area (Å²) in [7, 11) is 1.76. The van der Waals surface area contributed by atoms with Crippen molar-refractivity contribution in [3.8, 4) is 5.69 Å². The lowest BCUT2D eigenvalue weighted by Gasteiger charge is -2.08. The first-order valence-corrected chi connectivity index (χ1v) is 11.5. The summed E-state index contributed by atoms with van der Waals surface area (Å²) in [5.41, 5.74) is 3.05. The number of hydrogen-bond acceptors (Lipinski definition) is 3. The number of benzene rings is 3. The number of para-hydroxylation sites is 1. The van der Waals surface area contributed by atoms with Gasteiger partial charge in [-0.2, -0.15) is 0 Å². The molecule has 4 rings (SSSR count). The molecule has 35 heavy (non-hydrogen) atoms. The zero-order chi connectivity index (χ0) is 24.9. The summed E-state index contributed by atoms with van der Waals surface area (Å²) in [5, 5.41) is 6.22. The van der Waals surface area contributed by atoms with Crippen molar-refractivity contribution in [2.75, 3.05) is 10.6 Å². The van der Waals surface area contributed by atoms with Crippen LogP contribution in [0.25, 0.3) is 5.69 Å². The fourth-order valence-electron chi connectivity index (χ4n) is 3.77. The fourth-order valence-corrected chi connectivity index (χ4v) is 3.89. The van der Waals surface area contributed by atoms with Gasteiger partial charge in [-0.1, -0.05) is 48.0 Å². The highest BCUT2D eigenvalue weighted by Gasteiger charge is 2.19. The van der Waals surface area contributed by atoms with Crippen LogP contribution < -0.4 is 16.2 Å². The number of aromatic nitrogens is 2. The van der Waals surface area contributed by atoms with Gasteiger partial charge in [0.05, 0.1) is 11.4 Å². The molecule has 3 aromatic carbocycles. The van der Waals surface area contributed by atoms with Crippen LogP contribution in [0.15, 0.2) is 83.7 Å². The topological polar surface area (TPSA) is 85.1 Å². The maximum atomic E-state index is 13.1. The lowest BCUT2D eigenvalue weighted by atomic mass is 10.1. The molecule has 1 heterocycles. The maximum Gasteiger partial charge on any atom is 0.295 e. The van der Waals surface area contributed by atoms with E-state index in [1.54, 1.807) is 55.1 Å². The van der Waals surface area contributed by atoms with E-state index in [4.69, 9.17) is 11.6 Å². The van der Waals surface area contributed by atoms with Gasteiger partial charge in [-0.3, -0.25) is 19.1 Å². The Hall–Kier alpha value is -4.10. The van der Waals surface area contributed by atoms with E-state index in [1.807, 2.05) is 42.5 Å². The normalized spacial score (nSPS) is 10.7. The molecule has 0 unspecified atom stereocenters. The monoisotopic (exact) mass is 488 g/mol. The van der Waals surface area contributed by atoms with E-state index in [2.05, 4.69) is 10.6 Å². The minimum absolute atomic E-state index is 0.165. The standard InChI is InChI=1S/C27H25ClN4O3/c1-18-25(27(35)32(31(18)2)23-9-4-3-5-10-23)30-26(34)20-7-6-8-22(17-20)29-24(33)16-13-19-11-14-21(28)15-12-19/h3-12,14-15,17H,13,16H2,1-2H3,(H,29,33)(H,30,34). The SMILES string of the molecule is Cc1c(NC(=O)c2cccc(NC(=O)CCc3ccc(Cl)cc3)c2)c(=O)n(-c2ccccc2)n1C. The highest BCUT2D eigenvalue weighted by atomic mass is 35.5. The van der Waals surface area contributed by atoms with Crippen molar-refractivity contribution >= 4 is 34.8 Å². The molecular formula is C27H25ClN4O3. The smallest absolute Gasteiger partial charge is 0.295 e. The predicted octanol–water partition coefficient (Wildman–Crippen LogP) is 4.96. The Morgan fingerprint density at radius 3 is 2.34 bits per heavy atom. The van der Waals surface area contributed by atoms with Crippen LogP contribution in [0, 0.1) is 6.92 Å². The summed E-state index contributed by atoms with van der Waals surface area (Å²) in [5.74, 6) is -0.601. The van der Waals surface area contributed by atoms with Crippen molar-refractivity contribution in [3.63, 3.8) is 0 Å². The van der Waals surface area contributed by atoms with Crippen LogP contribution in [0.3, 0.4) is 0 Å². The van der Waals surface area contributed by atoms with Crippen LogP contribution in [0.5, 0.6) is 0 Å². The molecule has 4 aromatic rings. The number of halogens is 1. The van der Waals surface area contributed by atoms with E-state index in [9.17, 15) is 14.4 Å². The third-order valence-corrected chi connectivity index (χ3v) is 6.01. The minimum Gasteiger partial charge on any atom is -0.326 e. The number of hydrogen-bond donors (Lipinski definition) is 2. The molecule has 0 atom stereocenters. The molecule has 0 aliphatic rings. The number of rotatable bonds is 7. The van der Waals surface area contributed by atoms with Crippen molar-refractivity contribution in [2.45, 2.75) is 19.8 Å². The first-order chi connectivity index (χ1) is 16.8. The van der Waals surface area contributed by atoms with E-state index in [1.165, 1.54) is 4.68 Å². The highest BCUT2D eigenvalue weighted by Crippen LogP contribution is 2.17. The number of nitrogens with zero attached hydrogens (tertiary/aromatic N) is 2. The Bertz CT molecular complexity index is 1420. The molecule has 1 aromatic heterocycles. The highest BCUT2D eigenvalue weighted by molar-refractivity contribution is 6.30. The van der Waals surface area contributed by atoms with Gasteiger partial charge in [0.25, 0.3) is 11.5 Å². The summed E-state index contributed by atoms with van der Waals surface area (Å²) >= 11 is 5.90. The number of nitrogens with one attached hydrogen (secondary N) is 2. The van der Waals surface area contributed by atoms with E-state index < -0.39 is 5.91 Å². The Labute approximate surface area is 207 Å². The zero-order valence-electron chi connectivity index (χ0n) is 19.4. The molecule has 0 aliphatic carbocycles. The molecule has 2 N–H and O–H groups in total. The van der Waals surface area contributed by atoms with Gasteiger partial charge in [0.2, 0.25) is 5.91 Å². The molecule has 7 nitrogen and oxygen atoms in total. The molecule has 178 valence electrons. The lowest BCUT2D eigenvalue weighted by Crippen LogP contribution is -2.23. The number of aryl methyl sites for hydroxylation is 1. The number of carbonyl (C=O) groups excluding carboxylic acids is 2. The molecule has 0 radical (unpaired) electrons. The summed E-state index contributed by atoms with van der Waals surface area (Å²) in [6.45, 7) is 1.77. The van der Waals surface area contributed by atoms with E-state index in [-0.39, 0.29) is 17.2 Å². The second-order valence-electron chi connectivity index (χ2n) is 8.15.